The number of carbonyl (C=O) groups excluding carboxylic acids is 3. The van der Waals surface area contributed by atoms with E-state index in [0.29, 0.717) is 11.3 Å². The fourth-order valence-electron chi connectivity index (χ4n) is 4.34. The van der Waals surface area contributed by atoms with E-state index in [4.69, 9.17) is 0 Å². The lowest BCUT2D eigenvalue weighted by Gasteiger charge is -2.31. The number of halogens is 1. The highest BCUT2D eigenvalue weighted by atomic mass is 32.1. The minimum atomic E-state index is -1.30. The van der Waals surface area contributed by atoms with Crippen molar-refractivity contribution in [3.8, 4) is 0 Å². The minimum absolute atomic E-state index is 0.0608. The highest BCUT2D eigenvalue weighted by Crippen LogP contribution is 2.23. The van der Waals surface area contributed by atoms with Gasteiger partial charge < -0.3 is 20.6 Å². The summed E-state index contributed by atoms with van der Waals surface area (Å²) in [4.78, 5) is 55.1. The normalized spacial score (nSPS) is 15.7. The number of hydrogen-bond acceptors (Lipinski definition) is 5. The molecule has 3 aromatic rings. The van der Waals surface area contributed by atoms with Gasteiger partial charge in [-0.2, -0.15) is 0 Å². The van der Waals surface area contributed by atoms with E-state index in [9.17, 15) is 28.7 Å². The van der Waals surface area contributed by atoms with Crippen LogP contribution in [0.1, 0.15) is 28.5 Å². The van der Waals surface area contributed by atoms with E-state index in [1.165, 1.54) is 45.4 Å². The van der Waals surface area contributed by atoms with Gasteiger partial charge in [-0.05, 0) is 53.8 Å². The van der Waals surface area contributed by atoms with Crippen LogP contribution in [-0.4, -0.2) is 58.0 Å². The van der Waals surface area contributed by atoms with Crippen molar-refractivity contribution in [3.63, 3.8) is 0 Å². The molecule has 0 bridgehead atoms. The van der Waals surface area contributed by atoms with Crippen molar-refractivity contribution in [1.29, 1.82) is 0 Å². The molecule has 0 radical (unpaired) electrons. The summed E-state index contributed by atoms with van der Waals surface area (Å²) in [6.07, 6.45) is -1.71. The summed E-state index contributed by atoms with van der Waals surface area (Å²) >= 11 is 1.41. The summed E-state index contributed by atoms with van der Waals surface area (Å²) in [5, 5.41) is 16.7. The predicted octanol–water partition coefficient (Wildman–Crippen LogP) is 3.77. The van der Waals surface area contributed by atoms with Gasteiger partial charge in [-0.1, -0.05) is 30.3 Å². The Hall–Kier alpha value is -4.25. The van der Waals surface area contributed by atoms with Gasteiger partial charge in [-0.25, -0.2) is 9.18 Å². The molecule has 0 saturated carbocycles. The molecule has 1 fully saturated rings. The molecule has 11 heteroatoms. The van der Waals surface area contributed by atoms with Crippen molar-refractivity contribution >= 4 is 40.8 Å². The monoisotopic (exact) mass is 538 g/mol. The second kappa shape index (κ2) is 11.9. The Balaban J connectivity index is 1.60. The molecule has 2 unspecified atom stereocenters. The van der Waals surface area contributed by atoms with E-state index in [2.05, 4.69) is 10.6 Å². The van der Waals surface area contributed by atoms with Gasteiger partial charge in [0.1, 0.15) is 5.82 Å². The number of aryl methyl sites for hydroxylation is 1. The Morgan fingerprint density at radius 2 is 1.79 bits per heavy atom. The number of anilines is 1. The molecule has 1 aliphatic heterocycles. The minimum Gasteiger partial charge on any atom is -0.481 e. The van der Waals surface area contributed by atoms with E-state index in [1.807, 2.05) is 30.5 Å². The number of nitrogens with zero attached hydrogens (tertiary/aromatic N) is 2. The Labute approximate surface area is 222 Å². The molecule has 3 N–H and O–H groups in total. The average Bonchev–Trinajstić information content (AvgIpc) is 3.54. The molecule has 198 valence electrons. The Morgan fingerprint density at radius 3 is 2.45 bits per heavy atom. The number of carboxylic acids is 1. The highest BCUT2D eigenvalue weighted by molar-refractivity contribution is 7.10. The summed E-state index contributed by atoms with van der Waals surface area (Å²) < 4.78 is 13.5. The molecule has 0 aliphatic carbocycles. The predicted molar refractivity (Wildman–Crippen MR) is 140 cm³/mol. The van der Waals surface area contributed by atoms with Crippen molar-refractivity contribution in [2.24, 2.45) is 0 Å². The SMILES string of the molecule is Cc1cccc(NC(=O)N2CCN(C(=O)Cc3cccs3)C2C(=O)NC(CC(=O)O)c2ccc(F)cc2)c1. The van der Waals surface area contributed by atoms with E-state index >= 15 is 0 Å². The van der Waals surface area contributed by atoms with Gasteiger partial charge in [0.25, 0.3) is 5.91 Å². The zero-order chi connectivity index (χ0) is 27.2. The van der Waals surface area contributed by atoms with Crippen LogP contribution in [0, 0.1) is 12.7 Å². The Bertz CT molecular complexity index is 1320. The third-order valence-corrected chi connectivity index (χ3v) is 7.01. The van der Waals surface area contributed by atoms with Crippen LogP contribution in [0.2, 0.25) is 0 Å². The van der Waals surface area contributed by atoms with E-state index in [0.717, 1.165) is 10.4 Å². The summed E-state index contributed by atoms with van der Waals surface area (Å²) in [6.45, 7) is 2.11. The molecule has 1 aromatic heterocycles. The van der Waals surface area contributed by atoms with Crippen LogP contribution >= 0.6 is 11.3 Å². The maximum Gasteiger partial charge on any atom is 0.323 e. The van der Waals surface area contributed by atoms with Crippen molar-refractivity contribution in [2.45, 2.75) is 32.0 Å². The van der Waals surface area contributed by atoms with Gasteiger partial charge in [0.15, 0.2) is 6.17 Å². The van der Waals surface area contributed by atoms with Crippen LogP contribution in [0.5, 0.6) is 0 Å². The van der Waals surface area contributed by atoms with Crippen LogP contribution in [0.4, 0.5) is 14.9 Å². The Morgan fingerprint density at radius 1 is 1.05 bits per heavy atom. The van der Waals surface area contributed by atoms with Gasteiger partial charge in [0.2, 0.25) is 5.91 Å². The third-order valence-electron chi connectivity index (χ3n) is 6.13. The number of nitrogens with one attached hydrogen (secondary N) is 2. The fraction of sp³-hybridized carbons (Fsp3) is 0.259. The molecule has 9 nitrogen and oxygen atoms in total. The van der Waals surface area contributed by atoms with Gasteiger partial charge in [0.05, 0.1) is 18.9 Å². The Kier molecular flexibility index (Phi) is 8.37. The second-order valence-electron chi connectivity index (χ2n) is 8.92. The van der Waals surface area contributed by atoms with Gasteiger partial charge >= 0.3 is 12.0 Å². The topological polar surface area (TPSA) is 119 Å². The molecule has 38 heavy (non-hydrogen) atoms. The lowest BCUT2D eigenvalue weighted by molar-refractivity contribution is -0.142. The summed E-state index contributed by atoms with van der Waals surface area (Å²) in [7, 11) is 0. The lowest BCUT2D eigenvalue weighted by Crippen LogP contribution is -2.55. The van der Waals surface area contributed by atoms with E-state index in [-0.39, 0.29) is 25.4 Å². The summed E-state index contributed by atoms with van der Waals surface area (Å²) in [5.74, 6) is -2.73. The molecule has 1 aliphatic rings. The number of benzene rings is 2. The van der Waals surface area contributed by atoms with E-state index in [1.54, 1.807) is 18.2 Å². The summed E-state index contributed by atoms with van der Waals surface area (Å²) in [5.41, 5.74) is 1.85. The first-order valence-electron chi connectivity index (χ1n) is 11.9. The molecule has 2 atom stereocenters. The number of urea groups is 1. The molecule has 4 amide bonds. The van der Waals surface area contributed by atoms with Crippen LogP contribution < -0.4 is 10.6 Å². The maximum absolute atomic E-state index is 13.6. The number of aliphatic carboxylic acids is 1. The number of amides is 4. The third kappa shape index (κ3) is 6.54. The largest absolute Gasteiger partial charge is 0.481 e. The molecule has 4 rings (SSSR count). The van der Waals surface area contributed by atoms with Crippen molar-refractivity contribution in [2.75, 3.05) is 18.4 Å². The second-order valence-corrected chi connectivity index (χ2v) is 9.95. The van der Waals surface area contributed by atoms with Crippen LogP contribution in [-0.2, 0) is 20.8 Å². The smallest absolute Gasteiger partial charge is 0.323 e. The lowest BCUT2D eigenvalue weighted by atomic mass is 10.0. The first kappa shape index (κ1) is 26.8. The fourth-order valence-corrected chi connectivity index (χ4v) is 5.03. The standard InChI is InChI=1S/C27H27FN4O5S/c1-17-4-2-5-20(14-17)29-27(37)32-12-11-31(23(33)15-21-6-3-13-38-21)26(32)25(36)30-22(16-24(34)35)18-7-9-19(28)10-8-18/h2-10,13-14,22,26H,11-12,15-16H2,1H3,(H,29,37)(H,30,36)(H,34,35). The van der Waals surface area contributed by atoms with Crippen LogP contribution in [0.15, 0.2) is 66.0 Å². The number of carbonyl (C=O) groups is 4. The van der Waals surface area contributed by atoms with Crippen LogP contribution in [0.25, 0.3) is 0 Å². The average molecular weight is 539 g/mol. The zero-order valence-electron chi connectivity index (χ0n) is 20.6. The molecule has 0 spiro atoms. The number of rotatable bonds is 8. The van der Waals surface area contributed by atoms with Crippen molar-refractivity contribution in [3.05, 3.63) is 87.9 Å². The maximum atomic E-state index is 13.6. The molecule has 1 saturated heterocycles. The van der Waals surface area contributed by atoms with Gasteiger partial charge in [-0.3, -0.25) is 19.3 Å². The first-order chi connectivity index (χ1) is 18.2. The highest BCUT2D eigenvalue weighted by Gasteiger charge is 2.43. The van der Waals surface area contributed by atoms with Crippen LogP contribution in [0.3, 0.4) is 0 Å². The van der Waals surface area contributed by atoms with Gasteiger partial charge in [0, 0.05) is 23.7 Å². The van der Waals surface area contributed by atoms with Gasteiger partial charge in [-0.15, -0.1) is 11.3 Å². The molecular formula is C27H27FN4O5S. The number of thiophene rings is 1. The van der Waals surface area contributed by atoms with Crippen molar-refractivity contribution in [1.82, 2.24) is 15.1 Å². The molecule has 2 heterocycles. The first-order valence-corrected chi connectivity index (χ1v) is 12.8. The molecular weight excluding hydrogens is 511 g/mol. The quantitative estimate of drug-likeness (QED) is 0.404. The number of hydrogen-bond donors (Lipinski definition) is 3. The van der Waals surface area contributed by atoms with E-state index < -0.39 is 42.4 Å². The van der Waals surface area contributed by atoms with Crippen molar-refractivity contribution < 1.29 is 28.7 Å². The zero-order valence-corrected chi connectivity index (χ0v) is 21.4. The summed E-state index contributed by atoms with van der Waals surface area (Å²) in [6, 6.07) is 14.3. The molecule has 2 aromatic carbocycles. The number of carboxylic acid groups (broad SMARTS) is 1.